The van der Waals surface area contributed by atoms with Gasteiger partial charge in [0.25, 0.3) is 0 Å². The molecule has 2 heterocycles. The smallest absolute Gasteiger partial charge is 0.128 e. The van der Waals surface area contributed by atoms with Crippen LogP contribution in [0.5, 0.6) is 0 Å². The van der Waals surface area contributed by atoms with Gasteiger partial charge in [-0.15, -0.1) is 0 Å². The maximum Gasteiger partial charge on any atom is 0.128 e. The number of imidazole rings is 1. The van der Waals surface area contributed by atoms with Crippen molar-refractivity contribution < 1.29 is 0 Å². The van der Waals surface area contributed by atoms with Crippen LogP contribution in [-0.4, -0.2) is 16.1 Å². The minimum atomic E-state index is 0.854. The second-order valence-corrected chi connectivity index (χ2v) is 4.50. The van der Waals surface area contributed by atoms with Crippen LogP contribution >= 0.6 is 0 Å². The van der Waals surface area contributed by atoms with Gasteiger partial charge in [0.15, 0.2) is 0 Å². The van der Waals surface area contributed by atoms with E-state index in [9.17, 15) is 0 Å². The highest BCUT2D eigenvalue weighted by molar-refractivity contribution is 5.58. The van der Waals surface area contributed by atoms with Crippen molar-refractivity contribution in [3.8, 4) is 0 Å². The van der Waals surface area contributed by atoms with Crippen molar-refractivity contribution in [2.75, 3.05) is 17.2 Å². The van der Waals surface area contributed by atoms with Crippen LogP contribution < -0.4 is 10.6 Å². The summed E-state index contributed by atoms with van der Waals surface area (Å²) in [7, 11) is 0. The van der Waals surface area contributed by atoms with Crippen molar-refractivity contribution in [3.05, 3.63) is 42.0 Å². The molecule has 3 rings (SSSR count). The van der Waals surface area contributed by atoms with Crippen LogP contribution in [0.2, 0.25) is 0 Å². The fraction of sp³-hybridized carbons (Fsp3) is 0.308. The van der Waals surface area contributed by atoms with Gasteiger partial charge in [-0.1, -0.05) is 0 Å². The Kier molecular flexibility index (Phi) is 2.28. The topological polar surface area (TPSA) is 47.1 Å². The van der Waals surface area contributed by atoms with Crippen LogP contribution in [0.25, 0.3) is 0 Å². The molecule has 1 aliphatic rings. The number of aryl methyl sites for hydroxylation is 1. The summed E-state index contributed by atoms with van der Waals surface area (Å²) in [6.07, 6.45) is 3.91. The standard InChI is InChI=1S/C13H16N4/c1-10-8-11(2-3-12(10)14)17-7-6-16-5-4-15-13(16)9-17/h2-5,8H,6-7,9,14H2,1H3. The molecular weight excluding hydrogens is 212 g/mol. The third-order valence-corrected chi connectivity index (χ3v) is 3.36. The molecule has 1 aromatic carbocycles. The number of rotatable bonds is 1. The third-order valence-electron chi connectivity index (χ3n) is 3.36. The van der Waals surface area contributed by atoms with Crippen LogP contribution in [0.15, 0.2) is 30.6 Å². The van der Waals surface area contributed by atoms with E-state index in [0.717, 1.165) is 36.7 Å². The number of nitrogens with two attached hydrogens (primary N) is 1. The molecule has 0 amide bonds. The lowest BCUT2D eigenvalue weighted by Crippen LogP contribution is -2.33. The maximum absolute atomic E-state index is 5.84. The van der Waals surface area contributed by atoms with Crippen LogP contribution in [0.3, 0.4) is 0 Å². The number of anilines is 2. The summed E-state index contributed by atoms with van der Waals surface area (Å²) in [4.78, 5) is 6.71. The number of aromatic nitrogens is 2. The molecule has 0 radical (unpaired) electrons. The van der Waals surface area contributed by atoms with Crippen molar-refractivity contribution in [2.45, 2.75) is 20.0 Å². The van der Waals surface area contributed by atoms with E-state index in [-0.39, 0.29) is 0 Å². The van der Waals surface area contributed by atoms with E-state index < -0.39 is 0 Å². The molecule has 0 bridgehead atoms. The van der Waals surface area contributed by atoms with Crippen molar-refractivity contribution >= 4 is 11.4 Å². The molecule has 1 aliphatic heterocycles. The first-order valence-corrected chi connectivity index (χ1v) is 5.85. The molecule has 17 heavy (non-hydrogen) atoms. The predicted octanol–water partition coefficient (Wildman–Crippen LogP) is 1.79. The predicted molar refractivity (Wildman–Crippen MR) is 68.9 cm³/mol. The molecule has 0 spiro atoms. The molecule has 2 N–H and O–H groups in total. The van der Waals surface area contributed by atoms with E-state index in [1.807, 2.05) is 25.4 Å². The van der Waals surface area contributed by atoms with E-state index >= 15 is 0 Å². The molecular formula is C13H16N4. The minimum absolute atomic E-state index is 0.854. The Hall–Kier alpha value is -1.97. The molecule has 4 nitrogen and oxygen atoms in total. The second kappa shape index (κ2) is 3.80. The lowest BCUT2D eigenvalue weighted by atomic mass is 10.1. The molecule has 4 heteroatoms. The van der Waals surface area contributed by atoms with Crippen molar-refractivity contribution in [1.29, 1.82) is 0 Å². The number of hydrogen-bond donors (Lipinski definition) is 1. The van der Waals surface area contributed by atoms with Gasteiger partial charge in [-0.25, -0.2) is 4.98 Å². The zero-order chi connectivity index (χ0) is 11.8. The first kappa shape index (κ1) is 10.2. The van der Waals surface area contributed by atoms with Crippen molar-refractivity contribution in [2.24, 2.45) is 0 Å². The first-order chi connectivity index (χ1) is 8.24. The second-order valence-electron chi connectivity index (χ2n) is 4.50. The third kappa shape index (κ3) is 1.75. The van der Waals surface area contributed by atoms with Gasteiger partial charge in [0.05, 0.1) is 6.54 Å². The van der Waals surface area contributed by atoms with Gasteiger partial charge in [0.2, 0.25) is 0 Å². The van der Waals surface area contributed by atoms with Crippen LogP contribution in [0, 0.1) is 6.92 Å². The monoisotopic (exact) mass is 228 g/mol. The van der Waals surface area contributed by atoms with E-state index in [4.69, 9.17) is 5.73 Å². The van der Waals surface area contributed by atoms with Gasteiger partial charge in [0.1, 0.15) is 5.82 Å². The molecule has 1 aromatic heterocycles. The number of benzene rings is 1. The Morgan fingerprint density at radius 3 is 3.00 bits per heavy atom. The molecule has 0 fully saturated rings. The highest BCUT2D eigenvalue weighted by atomic mass is 15.2. The molecule has 0 saturated carbocycles. The summed E-state index contributed by atoms with van der Waals surface area (Å²) >= 11 is 0. The van der Waals surface area contributed by atoms with Crippen molar-refractivity contribution in [1.82, 2.24) is 9.55 Å². The fourth-order valence-electron chi connectivity index (χ4n) is 2.25. The Bertz CT molecular complexity index is 544. The average molecular weight is 228 g/mol. The zero-order valence-electron chi connectivity index (χ0n) is 9.93. The van der Waals surface area contributed by atoms with Crippen LogP contribution in [0.4, 0.5) is 11.4 Å². The van der Waals surface area contributed by atoms with E-state index in [0.29, 0.717) is 0 Å². The summed E-state index contributed by atoms with van der Waals surface area (Å²) in [5.41, 5.74) is 9.06. The van der Waals surface area contributed by atoms with Gasteiger partial charge in [-0.05, 0) is 30.7 Å². The van der Waals surface area contributed by atoms with Crippen LogP contribution in [-0.2, 0) is 13.1 Å². The van der Waals surface area contributed by atoms with Gasteiger partial charge < -0.3 is 15.2 Å². The summed E-state index contributed by atoms with van der Waals surface area (Å²) in [5, 5.41) is 0. The lowest BCUT2D eigenvalue weighted by Gasteiger charge is -2.30. The SMILES string of the molecule is Cc1cc(N2CCn3ccnc3C2)ccc1N. The van der Waals surface area contributed by atoms with Gasteiger partial charge in [-0.2, -0.15) is 0 Å². The highest BCUT2D eigenvalue weighted by Gasteiger charge is 2.16. The average Bonchev–Trinajstić information content (AvgIpc) is 2.79. The highest BCUT2D eigenvalue weighted by Crippen LogP contribution is 2.23. The largest absolute Gasteiger partial charge is 0.399 e. The Labute approximate surface area is 101 Å². The van der Waals surface area contributed by atoms with E-state index in [1.54, 1.807) is 0 Å². The molecule has 88 valence electrons. The zero-order valence-corrected chi connectivity index (χ0v) is 9.93. The van der Waals surface area contributed by atoms with Gasteiger partial charge in [-0.3, -0.25) is 0 Å². The number of nitrogen functional groups attached to an aromatic ring is 1. The fourth-order valence-corrected chi connectivity index (χ4v) is 2.25. The maximum atomic E-state index is 5.84. The Morgan fingerprint density at radius 1 is 1.29 bits per heavy atom. The van der Waals surface area contributed by atoms with Gasteiger partial charge in [0, 0.05) is 36.9 Å². The summed E-state index contributed by atoms with van der Waals surface area (Å²) < 4.78 is 2.21. The number of hydrogen-bond acceptors (Lipinski definition) is 3. The van der Waals surface area contributed by atoms with E-state index in [2.05, 4.69) is 26.6 Å². The number of nitrogens with zero attached hydrogens (tertiary/aromatic N) is 3. The van der Waals surface area contributed by atoms with Gasteiger partial charge >= 0.3 is 0 Å². The summed E-state index contributed by atoms with van der Waals surface area (Å²) in [6.45, 7) is 4.94. The molecule has 0 saturated heterocycles. The Balaban J connectivity index is 1.89. The number of fused-ring (bicyclic) bond motifs is 1. The quantitative estimate of drug-likeness (QED) is 0.757. The van der Waals surface area contributed by atoms with E-state index in [1.165, 1.54) is 5.69 Å². The van der Waals surface area contributed by atoms with Crippen LogP contribution in [0.1, 0.15) is 11.4 Å². The van der Waals surface area contributed by atoms with Crippen molar-refractivity contribution in [3.63, 3.8) is 0 Å². The molecule has 0 atom stereocenters. The summed E-state index contributed by atoms with van der Waals surface area (Å²) in [5.74, 6) is 1.13. The Morgan fingerprint density at radius 2 is 2.18 bits per heavy atom. The summed E-state index contributed by atoms with van der Waals surface area (Å²) in [6, 6.07) is 6.21. The normalized spacial score (nSPS) is 14.8. The first-order valence-electron chi connectivity index (χ1n) is 5.85. The minimum Gasteiger partial charge on any atom is -0.399 e. The molecule has 0 aliphatic carbocycles. The lowest BCUT2D eigenvalue weighted by molar-refractivity contribution is 0.560. The molecule has 2 aromatic rings. The molecule has 0 unspecified atom stereocenters.